The second kappa shape index (κ2) is 8.12. The molecule has 0 aliphatic carbocycles. The Morgan fingerprint density at radius 2 is 1.92 bits per heavy atom. The number of thiazole rings is 1. The van der Waals surface area contributed by atoms with Gasteiger partial charge in [-0.05, 0) is 38.0 Å². The summed E-state index contributed by atoms with van der Waals surface area (Å²) in [5.74, 6) is 0.486. The summed E-state index contributed by atoms with van der Waals surface area (Å²) in [7, 11) is 0. The first-order valence-corrected chi connectivity index (χ1v) is 9.37. The lowest BCUT2D eigenvalue weighted by atomic mass is 10.0. The summed E-state index contributed by atoms with van der Waals surface area (Å²) < 4.78 is 0.978. The van der Waals surface area contributed by atoms with E-state index in [1.807, 2.05) is 37.3 Å². The van der Waals surface area contributed by atoms with Crippen molar-refractivity contribution in [2.24, 2.45) is 0 Å². The molecule has 0 fully saturated rings. The molecule has 3 rings (SSSR count). The predicted octanol–water partition coefficient (Wildman–Crippen LogP) is 5.17. The molecule has 0 radical (unpaired) electrons. The second-order valence-electron chi connectivity index (χ2n) is 6.20. The molecule has 0 atom stereocenters. The fourth-order valence-electron chi connectivity index (χ4n) is 2.66. The van der Waals surface area contributed by atoms with Gasteiger partial charge in [-0.25, -0.2) is 4.98 Å². The van der Waals surface area contributed by atoms with E-state index in [9.17, 15) is 9.90 Å². The molecule has 25 heavy (non-hydrogen) atoms. The molecule has 130 valence electrons. The number of hydrogen-bond acceptors (Lipinski definition) is 5. The number of benzene rings is 2. The third-order valence-corrected chi connectivity index (χ3v) is 5.08. The van der Waals surface area contributed by atoms with Gasteiger partial charge in [0.2, 0.25) is 0 Å². The lowest BCUT2D eigenvalue weighted by Crippen LogP contribution is -2.02. The number of aromatic nitrogens is 1. The van der Waals surface area contributed by atoms with Crippen LogP contribution in [0.15, 0.2) is 42.5 Å². The Labute approximate surface area is 151 Å². The number of nitrogens with zero attached hydrogens (tertiary/aromatic N) is 1. The van der Waals surface area contributed by atoms with Crippen molar-refractivity contribution in [2.75, 3.05) is 11.9 Å². The number of nitrogens with one attached hydrogen (secondary N) is 1. The molecule has 0 bridgehead atoms. The minimum Gasteiger partial charge on any atom is -0.508 e. The van der Waals surface area contributed by atoms with Gasteiger partial charge in [-0.1, -0.05) is 47.6 Å². The summed E-state index contributed by atoms with van der Waals surface area (Å²) >= 11 is 1.54. The molecule has 0 spiro atoms. The van der Waals surface area contributed by atoms with E-state index in [-0.39, 0.29) is 11.5 Å². The van der Waals surface area contributed by atoms with Crippen LogP contribution >= 0.6 is 11.3 Å². The van der Waals surface area contributed by atoms with Crippen LogP contribution in [0.4, 0.5) is 5.13 Å². The summed E-state index contributed by atoms with van der Waals surface area (Å²) in [6.45, 7) is 2.86. The topological polar surface area (TPSA) is 62.2 Å². The number of carbonyl (C=O) groups is 1. The van der Waals surface area contributed by atoms with E-state index >= 15 is 0 Å². The number of phenols is 1. The molecule has 0 saturated carbocycles. The molecule has 1 aromatic heterocycles. The summed E-state index contributed by atoms with van der Waals surface area (Å²) in [5.41, 5.74) is 2.88. The zero-order valence-corrected chi connectivity index (χ0v) is 15.1. The van der Waals surface area contributed by atoms with E-state index in [1.165, 1.54) is 5.56 Å². The van der Waals surface area contributed by atoms with Crippen molar-refractivity contribution in [1.29, 1.82) is 0 Å². The van der Waals surface area contributed by atoms with Crippen LogP contribution in [0.25, 0.3) is 10.2 Å². The van der Waals surface area contributed by atoms with Gasteiger partial charge in [-0.2, -0.15) is 0 Å². The van der Waals surface area contributed by atoms with Crippen LogP contribution in [0.3, 0.4) is 0 Å². The molecule has 5 heteroatoms. The van der Waals surface area contributed by atoms with E-state index in [1.54, 1.807) is 23.5 Å². The van der Waals surface area contributed by atoms with Crippen molar-refractivity contribution >= 4 is 32.5 Å². The molecule has 0 aliphatic rings. The number of Topliss-reactive ketones (excluding diaryl/α,β-unsaturated/α-hetero) is 1. The van der Waals surface area contributed by atoms with Gasteiger partial charge in [0.05, 0.1) is 10.2 Å². The third-order valence-electron chi connectivity index (χ3n) is 4.10. The van der Waals surface area contributed by atoms with Crippen molar-refractivity contribution < 1.29 is 9.90 Å². The molecule has 2 aromatic carbocycles. The average Bonchev–Trinajstić information content (AvgIpc) is 3.00. The number of rotatable bonds is 8. The van der Waals surface area contributed by atoms with E-state index in [2.05, 4.69) is 10.3 Å². The molecule has 4 nitrogen and oxygen atoms in total. The maximum absolute atomic E-state index is 12.1. The first-order chi connectivity index (χ1) is 12.1. The van der Waals surface area contributed by atoms with Crippen LogP contribution in [-0.2, 0) is 0 Å². The highest BCUT2D eigenvalue weighted by Crippen LogP contribution is 2.28. The number of anilines is 1. The fourth-order valence-corrected chi connectivity index (χ4v) is 3.58. The Hall–Kier alpha value is -2.40. The van der Waals surface area contributed by atoms with E-state index in [4.69, 9.17) is 0 Å². The SMILES string of the molecule is Cc1ccc(C(=O)CCCCCNc2nc3ccc(O)cc3s2)cc1. The highest BCUT2D eigenvalue weighted by molar-refractivity contribution is 7.22. The Balaban J connectivity index is 1.37. The number of hydrogen-bond donors (Lipinski definition) is 2. The molecular formula is C20H22N2O2S. The van der Waals surface area contributed by atoms with Gasteiger partial charge >= 0.3 is 0 Å². The van der Waals surface area contributed by atoms with E-state index < -0.39 is 0 Å². The maximum atomic E-state index is 12.1. The van der Waals surface area contributed by atoms with Gasteiger partial charge < -0.3 is 10.4 Å². The van der Waals surface area contributed by atoms with Crippen molar-refractivity contribution in [2.45, 2.75) is 32.6 Å². The summed E-state index contributed by atoms with van der Waals surface area (Å²) in [5, 5.41) is 13.7. The molecular weight excluding hydrogens is 332 g/mol. The van der Waals surface area contributed by atoms with Crippen LogP contribution in [0, 0.1) is 6.92 Å². The number of fused-ring (bicyclic) bond motifs is 1. The van der Waals surface area contributed by atoms with Crippen LogP contribution in [-0.4, -0.2) is 22.4 Å². The van der Waals surface area contributed by atoms with Gasteiger partial charge in [0.1, 0.15) is 5.75 Å². The molecule has 2 N–H and O–H groups in total. The van der Waals surface area contributed by atoms with Crippen molar-refractivity contribution in [3.8, 4) is 5.75 Å². The highest BCUT2D eigenvalue weighted by Gasteiger charge is 2.06. The van der Waals surface area contributed by atoms with Gasteiger partial charge in [0.25, 0.3) is 0 Å². The van der Waals surface area contributed by atoms with Crippen molar-refractivity contribution in [3.63, 3.8) is 0 Å². The number of aromatic hydroxyl groups is 1. The van der Waals surface area contributed by atoms with Gasteiger partial charge in [0, 0.05) is 18.5 Å². The third kappa shape index (κ3) is 4.79. The Bertz CT molecular complexity index is 856. The standard InChI is InChI=1S/C20H22N2O2S/c1-14-6-8-15(9-7-14)18(24)5-3-2-4-12-21-20-22-17-11-10-16(23)13-19(17)25-20/h6-11,13,23H,2-5,12H2,1H3,(H,21,22). The number of phenolic OH excluding ortho intramolecular Hbond substituents is 1. The van der Waals surface area contributed by atoms with Crippen molar-refractivity contribution in [3.05, 3.63) is 53.6 Å². The van der Waals surface area contributed by atoms with E-state index in [0.29, 0.717) is 6.42 Å². The summed E-state index contributed by atoms with van der Waals surface area (Å²) in [6, 6.07) is 13.0. The molecule has 0 unspecified atom stereocenters. The van der Waals surface area contributed by atoms with E-state index in [0.717, 1.165) is 46.7 Å². The Morgan fingerprint density at radius 1 is 1.12 bits per heavy atom. The predicted molar refractivity (Wildman–Crippen MR) is 104 cm³/mol. The number of carbonyl (C=O) groups excluding carboxylic acids is 1. The van der Waals surface area contributed by atoms with Gasteiger partial charge in [-0.15, -0.1) is 0 Å². The maximum Gasteiger partial charge on any atom is 0.183 e. The fraction of sp³-hybridized carbons (Fsp3) is 0.300. The smallest absolute Gasteiger partial charge is 0.183 e. The quantitative estimate of drug-likeness (QED) is 0.433. The monoisotopic (exact) mass is 354 g/mol. The lowest BCUT2D eigenvalue weighted by Gasteiger charge is -2.03. The van der Waals surface area contributed by atoms with Crippen LogP contribution in [0.2, 0.25) is 0 Å². The zero-order valence-electron chi connectivity index (χ0n) is 14.3. The first kappa shape index (κ1) is 17.4. The minimum atomic E-state index is 0.221. The zero-order chi connectivity index (χ0) is 17.6. The minimum absolute atomic E-state index is 0.221. The van der Waals surface area contributed by atoms with Crippen LogP contribution in [0.5, 0.6) is 5.75 Å². The van der Waals surface area contributed by atoms with Gasteiger partial charge in [0.15, 0.2) is 10.9 Å². The average molecular weight is 354 g/mol. The molecule has 0 aliphatic heterocycles. The highest BCUT2D eigenvalue weighted by atomic mass is 32.1. The van der Waals surface area contributed by atoms with Gasteiger partial charge in [-0.3, -0.25) is 4.79 Å². The molecule has 1 heterocycles. The molecule has 0 saturated heterocycles. The van der Waals surface area contributed by atoms with Crippen molar-refractivity contribution in [1.82, 2.24) is 4.98 Å². The second-order valence-corrected chi connectivity index (χ2v) is 7.23. The normalized spacial score (nSPS) is 10.9. The van der Waals surface area contributed by atoms with Crippen LogP contribution in [0.1, 0.15) is 41.6 Å². The summed E-state index contributed by atoms with van der Waals surface area (Å²) in [6.07, 6.45) is 3.52. The molecule has 3 aromatic rings. The number of ketones is 1. The first-order valence-electron chi connectivity index (χ1n) is 8.55. The Morgan fingerprint density at radius 3 is 2.72 bits per heavy atom. The lowest BCUT2D eigenvalue weighted by molar-refractivity contribution is 0.0979. The largest absolute Gasteiger partial charge is 0.508 e. The Kier molecular flexibility index (Phi) is 5.66. The number of aryl methyl sites for hydroxylation is 1. The molecule has 0 amide bonds. The summed E-state index contributed by atoms with van der Waals surface area (Å²) in [4.78, 5) is 16.6. The van der Waals surface area contributed by atoms with Crippen LogP contribution < -0.4 is 5.32 Å². The number of unbranched alkanes of at least 4 members (excludes halogenated alkanes) is 2.